The lowest BCUT2D eigenvalue weighted by molar-refractivity contribution is 0.0984. The molecule has 0 saturated carbocycles. The van der Waals surface area contributed by atoms with Gasteiger partial charge in [0, 0.05) is 18.7 Å². The highest BCUT2D eigenvalue weighted by Gasteiger charge is 2.23. The summed E-state index contributed by atoms with van der Waals surface area (Å²) in [7, 11) is 1.61. The highest BCUT2D eigenvalue weighted by molar-refractivity contribution is 7.23. The van der Waals surface area contributed by atoms with E-state index in [2.05, 4.69) is 18.7 Å². The summed E-state index contributed by atoms with van der Waals surface area (Å²) in [6, 6.07) is 11.2. The van der Waals surface area contributed by atoms with Crippen LogP contribution in [-0.4, -0.2) is 49.1 Å². The fourth-order valence-corrected chi connectivity index (χ4v) is 4.42. The molecule has 0 bridgehead atoms. The smallest absolute Gasteiger partial charge is 0.260 e. The molecular weight excluding hydrogens is 406 g/mol. The minimum Gasteiger partial charge on any atom is -0.494 e. The second kappa shape index (κ2) is 9.57. The van der Waals surface area contributed by atoms with Crippen molar-refractivity contribution in [3.05, 3.63) is 52.5 Å². The van der Waals surface area contributed by atoms with E-state index in [-0.39, 0.29) is 5.91 Å². The predicted molar refractivity (Wildman–Crippen MR) is 122 cm³/mol. The van der Waals surface area contributed by atoms with Crippen LogP contribution in [0.15, 0.2) is 36.4 Å². The van der Waals surface area contributed by atoms with Crippen LogP contribution >= 0.6 is 22.9 Å². The summed E-state index contributed by atoms with van der Waals surface area (Å²) in [6.45, 7) is 9.44. The van der Waals surface area contributed by atoms with Gasteiger partial charge in [0.05, 0.1) is 16.8 Å². The molecule has 1 amide bonds. The third kappa shape index (κ3) is 4.71. The fraction of sp³-hybridized carbons (Fsp3) is 0.364. The predicted octanol–water partition coefficient (Wildman–Crippen LogP) is 5.26. The number of aryl methyl sites for hydroxylation is 1. The first-order valence-electron chi connectivity index (χ1n) is 9.72. The van der Waals surface area contributed by atoms with Crippen molar-refractivity contribution in [3.8, 4) is 5.75 Å². The molecule has 0 unspecified atom stereocenters. The summed E-state index contributed by atoms with van der Waals surface area (Å²) < 4.78 is 6.27. The van der Waals surface area contributed by atoms with E-state index < -0.39 is 0 Å². The molecule has 3 rings (SSSR count). The Kier molecular flexibility index (Phi) is 7.11. The Morgan fingerprint density at radius 3 is 2.41 bits per heavy atom. The van der Waals surface area contributed by atoms with Crippen LogP contribution in [0, 0.1) is 6.92 Å². The molecule has 2 aromatic carbocycles. The van der Waals surface area contributed by atoms with Crippen molar-refractivity contribution in [2.24, 2.45) is 0 Å². The molecule has 0 aliphatic heterocycles. The van der Waals surface area contributed by atoms with Crippen LogP contribution in [0.4, 0.5) is 5.13 Å². The molecule has 0 N–H and O–H groups in total. The van der Waals surface area contributed by atoms with Gasteiger partial charge < -0.3 is 9.64 Å². The number of rotatable bonds is 8. The van der Waals surface area contributed by atoms with Crippen LogP contribution in [0.2, 0.25) is 5.02 Å². The zero-order valence-electron chi connectivity index (χ0n) is 17.2. The average molecular weight is 432 g/mol. The van der Waals surface area contributed by atoms with Gasteiger partial charge in [0.25, 0.3) is 5.91 Å². The van der Waals surface area contributed by atoms with Crippen molar-refractivity contribution in [2.75, 3.05) is 38.2 Å². The number of amides is 1. The molecule has 29 heavy (non-hydrogen) atoms. The van der Waals surface area contributed by atoms with Crippen LogP contribution in [0.1, 0.15) is 29.8 Å². The Labute approximate surface area is 180 Å². The number of carbonyl (C=O) groups excluding carboxylic acids is 1. The van der Waals surface area contributed by atoms with E-state index in [1.807, 2.05) is 31.2 Å². The molecule has 3 aromatic rings. The molecule has 0 atom stereocenters. The molecule has 0 aliphatic rings. The monoisotopic (exact) mass is 431 g/mol. The highest BCUT2D eigenvalue weighted by Crippen LogP contribution is 2.39. The standard InChI is InChI=1S/C22H26ClN3O2S/c1-5-25(6-2)13-14-26(21(27)16-9-7-15(3)8-10-16)22-24-19-18(28-4)12-11-17(23)20(19)29-22/h7-12H,5-6,13-14H2,1-4H3. The maximum absolute atomic E-state index is 13.4. The zero-order chi connectivity index (χ0) is 21.0. The quantitative estimate of drug-likeness (QED) is 0.488. The van der Waals surface area contributed by atoms with E-state index in [1.165, 1.54) is 11.3 Å². The number of hydrogen-bond acceptors (Lipinski definition) is 5. The molecule has 7 heteroatoms. The number of methoxy groups -OCH3 is 1. The van der Waals surface area contributed by atoms with Gasteiger partial charge in [-0.15, -0.1) is 0 Å². The highest BCUT2D eigenvalue weighted by atomic mass is 35.5. The Morgan fingerprint density at radius 2 is 1.79 bits per heavy atom. The lowest BCUT2D eigenvalue weighted by Crippen LogP contribution is -2.38. The van der Waals surface area contributed by atoms with Crippen LogP contribution < -0.4 is 9.64 Å². The first-order valence-corrected chi connectivity index (χ1v) is 10.9. The number of fused-ring (bicyclic) bond motifs is 1. The SMILES string of the molecule is CCN(CC)CCN(C(=O)c1ccc(C)cc1)c1nc2c(OC)ccc(Cl)c2s1. The number of benzene rings is 2. The molecular formula is C22H26ClN3O2S. The maximum Gasteiger partial charge on any atom is 0.260 e. The second-order valence-corrected chi connectivity index (χ2v) is 8.16. The lowest BCUT2D eigenvalue weighted by Gasteiger charge is -2.24. The van der Waals surface area contributed by atoms with Gasteiger partial charge in [0.15, 0.2) is 5.13 Å². The van der Waals surface area contributed by atoms with Gasteiger partial charge in [-0.05, 0) is 44.3 Å². The van der Waals surface area contributed by atoms with Crippen LogP contribution in [0.3, 0.4) is 0 Å². The van der Waals surface area contributed by atoms with Crippen molar-refractivity contribution >= 4 is 44.2 Å². The van der Waals surface area contributed by atoms with Crippen molar-refractivity contribution in [1.82, 2.24) is 9.88 Å². The summed E-state index contributed by atoms with van der Waals surface area (Å²) in [5, 5.41) is 1.24. The summed E-state index contributed by atoms with van der Waals surface area (Å²) in [5.41, 5.74) is 2.45. The van der Waals surface area contributed by atoms with E-state index in [0.717, 1.165) is 29.9 Å². The van der Waals surface area contributed by atoms with E-state index in [9.17, 15) is 4.79 Å². The minimum atomic E-state index is -0.0636. The average Bonchev–Trinajstić information content (AvgIpc) is 3.18. The third-order valence-electron chi connectivity index (χ3n) is 4.98. The molecule has 0 fully saturated rings. The van der Waals surface area contributed by atoms with Gasteiger partial charge in [-0.3, -0.25) is 9.69 Å². The largest absolute Gasteiger partial charge is 0.494 e. The number of nitrogens with zero attached hydrogens (tertiary/aromatic N) is 3. The normalized spacial score (nSPS) is 11.2. The van der Waals surface area contributed by atoms with Crippen molar-refractivity contribution in [3.63, 3.8) is 0 Å². The zero-order valence-corrected chi connectivity index (χ0v) is 18.8. The van der Waals surface area contributed by atoms with E-state index in [1.54, 1.807) is 24.1 Å². The first-order chi connectivity index (χ1) is 14.0. The number of aromatic nitrogens is 1. The van der Waals surface area contributed by atoms with Crippen molar-refractivity contribution < 1.29 is 9.53 Å². The Morgan fingerprint density at radius 1 is 1.10 bits per heavy atom. The Balaban J connectivity index is 2.02. The van der Waals surface area contributed by atoms with Crippen molar-refractivity contribution in [1.29, 1.82) is 0 Å². The number of hydrogen-bond donors (Lipinski definition) is 0. The van der Waals surface area contributed by atoms with Crippen LogP contribution in [0.5, 0.6) is 5.75 Å². The summed E-state index contributed by atoms with van der Waals surface area (Å²) in [5.74, 6) is 0.588. The molecule has 0 aliphatic carbocycles. The van der Waals surface area contributed by atoms with Gasteiger partial charge in [0.2, 0.25) is 0 Å². The van der Waals surface area contributed by atoms with Gasteiger partial charge in [0.1, 0.15) is 11.3 Å². The van der Waals surface area contributed by atoms with E-state index >= 15 is 0 Å². The molecule has 0 radical (unpaired) electrons. The maximum atomic E-state index is 13.4. The Hall–Kier alpha value is -2.15. The van der Waals surface area contributed by atoms with Gasteiger partial charge in [-0.1, -0.05) is 54.5 Å². The second-order valence-electron chi connectivity index (χ2n) is 6.77. The third-order valence-corrected chi connectivity index (χ3v) is 6.51. The number of likely N-dealkylation sites (N-methyl/N-ethyl adjacent to an activating group) is 1. The number of anilines is 1. The van der Waals surface area contributed by atoms with Gasteiger partial charge >= 0.3 is 0 Å². The number of thiazole rings is 1. The first kappa shape index (κ1) is 21.6. The summed E-state index contributed by atoms with van der Waals surface area (Å²) in [4.78, 5) is 22.1. The summed E-state index contributed by atoms with van der Waals surface area (Å²) in [6.07, 6.45) is 0. The molecule has 1 heterocycles. The topological polar surface area (TPSA) is 45.7 Å². The van der Waals surface area contributed by atoms with Crippen LogP contribution in [-0.2, 0) is 0 Å². The molecule has 5 nitrogen and oxygen atoms in total. The molecule has 0 saturated heterocycles. The number of ether oxygens (including phenoxy) is 1. The van der Waals surface area contributed by atoms with Gasteiger partial charge in [-0.2, -0.15) is 0 Å². The lowest BCUT2D eigenvalue weighted by atomic mass is 10.1. The van der Waals surface area contributed by atoms with Gasteiger partial charge in [-0.25, -0.2) is 4.98 Å². The van der Waals surface area contributed by atoms with Crippen molar-refractivity contribution in [2.45, 2.75) is 20.8 Å². The molecule has 1 aromatic heterocycles. The Bertz CT molecular complexity index is 984. The summed E-state index contributed by atoms with van der Waals surface area (Å²) >= 11 is 7.81. The number of halogens is 1. The number of carbonyl (C=O) groups is 1. The van der Waals surface area contributed by atoms with E-state index in [4.69, 9.17) is 21.3 Å². The molecule has 0 spiro atoms. The van der Waals surface area contributed by atoms with E-state index in [0.29, 0.717) is 33.5 Å². The van der Waals surface area contributed by atoms with Crippen LogP contribution in [0.25, 0.3) is 10.2 Å². The minimum absolute atomic E-state index is 0.0636. The fourth-order valence-electron chi connectivity index (χ4n) is 3.14. The molecule has 154 valence electrons.